The van der Waals surface area contributed by atoms with Crippen molar-refractivity contribution in [2.24, 2.45) is 0 Å². The zero-order valence-electron chi connectivity index (χ0n) is 10.0. The summed E-state index contributed by atoms with van der Waals surface area (Å²) in [6, 6.07) is 1.21. The molecule has 0 radical (unpaired) electrons. The van der Waals surface area contributed by atoms with Crippen LogP contribution in [-0.4, -0.2) is 38.1 Å². The Kier molecular flexibility index (Phi) is 5.84. The zero-order chi connectivity index (χ0) is 14.5. The van der Waals surface area contributed by atoms with Crippen LogP contribution in [0.15, 0.2) is 12.3 Å². The third-order valence-electron chi connectivity index (χ3n) is 2.07. The van der Waals surface area contributed by atoms with E-state index >= 15 is 0 Å². The molecule has 0 saturated heterocycles. The number of nitrogens with zero attached hydrogens (tertiary/aromatic N) is 1. The van der Waals surface area contributed by atoms with E-state index in [2.05, 4.69) is 14.4 Å². The van der Waals surface area contributed by atoms with Crippen molar-refractivity contribution in [1.29, 1.82) is 0 Å². The monoisotopic (exact) mass is 326 g/mol. The molecule has 0 spiro atoms. The summed E-state index contributed by atoms with van der Waals surface area (Å²) in [4.78, 5) is 15.2. The van der Waals surface area contributed by atoms with Gasteiger partial charge in [-0.15, -0.1) is 11.6 Å². The normalized spacial score (nSPS) is 11.1. The molecule has 1 aromatic heterocycles. The van der Waals surface area contributed by atoms with Crippen molar-refractivity contribution in [1.82, 2.24) is 4.98 Å². The number of carbonyl (C=O) groups excluding carboxylic acids is 1. The Morgan fingerprint density at radius 1 is 1.53 bits per heavy atom. The van der Waals surface area contributed by atoms with Gasteiger partial charge in [0.25, 0.3) is 0 Å². The van der Waals surface area contributed by atoms with Crippen LogP contribution < -0.4 is 4.72 Å². The maximum absolute atomic E-state index is 11.6. The van der Waals surface area contributed by atoms with Gasteiger partial charge in [0.05, 0.1) is 23.4 Å². The lowest BCUT2D eigenvalue weighted by atomic mass is 10.2. The lowest BCUT2D eigenvalue weighted by Crippen LogP contribution is -2.18. The van der Waals surface area contributed by atoms with E-state index in [1.165, 1.54) is 19.4 Å². The number of anilines is 1. The van der Waals surface area contributed by atoms with Crippen molar-refractivity contribution in [2.75, 3.05) is 23.5 Å². The van der Waals surface area contributed by atoms with Crippen molar-refractivity contribution >= 4 is 45.0 Å². The SMILES string of the molecule is COC(=O)c1cc(NS(=O)(=O)CCCCl)ncc1Cl. The fourth-order valence-corrected chi connectivity index (χ4v) is 2.75. The topological polar surface area (TPSA) is 85.4 Å². The molecule has 1 aromatic rings. The molecular weight excluding hydrogens is 315 g/mol. The van der Waals surface area contributed by atoms with Crippen molar-refractivity contribution in [2.45, 2.75) is 6.42 Å². The number of nitrogens with one attached hydrogen (secondary N) is 1. The van der Waals surface area contributed by atoms with Crippen LogP contribution in [0.3, 0.4) is 0 Å². The van der Waals surface area contributed by atoms with E-state index in [4.69, 9.17) is 23.2 Å². The number of ether oxygens (including phenoxy) is 1. The highest BCUT2D eigenvalue weighted by atomic mass is 35.5. The number of carbonyl (C=O) groups is 1. The van der Waals surface area contributed by atoms with Gasteiger partial charge in [0.15, 0.2) is 0 Å². The van der Waals surface area contributed by atoms with E-state index in [9.17, 15) is 13.2 Å². The van der Waals surface area contributed by atoms with Crippen molar-refractivity contribution in [3.8, 4) is 0 Å². The molecule has 0 aliphatic carbocycles. The largest absolute Gasteiger partial charge is 0.465 e. The summed E-state index contributed by atoms with van der Waals surface area (Å²) in [5, 5.41) is 0.0792. The van der Waals surface area contributed by atoms with Gasteiger partial charge in [0.2, 0.25) is 10.0 Å². The van der Waals surface area contributed by atoms with Gasteiger partial charge in [-0.1, -0.05) is 11.6 Å². The Balaban J connectivity index is 2.94. The lowest BCUT2D eigenvalue weighted by molar-refractivity contribution is 0.0601. The third-order valence-corrected chi connectivity index (χ3v) is 3.98. The third kappa shape index (κ3) is 4.85. The second-order valence-corrected chi connectivity index (χ2v) is 6.13. The number of pyridine rings is 1. The molecule has 0 saturated carbocycles. The molecule has 1 N–H and O–H groups in total. The molecule has 0 bridgehead atoms. The highest BCUT2D eigenvalue weighted by Gasteiger charge is 2.15. The van der Waals surface area contributed by atoms with Gasteiger partial charge in [-0.05, 0) is 12.5 Å². The van der Waals surface area contributed by atoms with Gasteiger partial charge >= 0.3 is 5.97 Å². The molecule has 1 heterocycles. The summed E-state index contributed by atoms with van der Waals surface area (Å²) >= 11 is 11.2. The van der Waals surface area contributed by atoms with E-state index in [-0.39, 0.29) is 28.0 Å². The minimum atomic E-state index is -3.55. The van der Waals surface area contributed by atoms with E-state index in [0.717, 1.165) is 0 Å². The maximum Gasteiger partial charge on any atom is 0.339 e. The van der Waals surface area contributed by atoms with Gasteiger partial charge in [0, 0.05) is 12.1 Å². The number of esters is 1. The van der Waals surface area contributed by atoms with E-state index in [0.29, 0.717) is 6.42 Å². The zero-order valence-corrected chi connectivity index (χ0v) is 12.3. The minimum absolute atomic E-state index is 0.000581. The number of halogens is 2. The molecule has 9 heteroatoms. The van der Waals surface area contributed by atoms with Crippen molar-refractivity contribution in [3.63, 3.8) is 0 Å². The number of alkyl halides is 1. The first-order valence-electron chi connectivity index (χ1n) is 5.20. The predicted octanol–water partition coefficient (Wildman–Crippen LogP) is 1.89. The summed E-state index contributed by atoms with van der Waals surface area (Å²) in [7, 11) is -2.35. The van der Waals surface area contributed by atoms with Crippen molar-refractivity contribution in [3.05, 3.63) is 22.8 Å². The van der Waals surface area contributed by atoms with Crippen LogP contribution >= 0.6 is 23.2 Å². The molecule has 0 amide bonds. The first-order chi connectivity index (χ1) is 8.89. The molecule has 0 fully saturated rings. The summed E-state index contributed by atoms with van der Waals surface area (Å²) in [5.41, 5.74) is 0.0363. The van der Waals surface area contributed by atoms with Crippen LogP contribution in [0.1, 0.15) is 16.8 Å². The lowest BCUT2D eigenvalue weighted by Gasteiger charge is -2.08. The van der Waals surface area contributed by atoms with Crippen LogP contribution in [0.4, 0.5) is 5.82 Å². The molecule has 1 rings (SSSR count). The van der Waals surface area contributed by atoms with Gasteiger partial charge in [0.1, 0.15) is 5.82 Å². The van der Waals surface area contributed by atoms with Crippen LogP contribution in [0.2, 0.25) is 5.02 Å². The second-order valence-electron chi connectivity index (χ2n) is 3.50. The Labute approximate surface area is 121 Å². The van der Waals surface area contributed by atoms with E-state index < -0.39 is 16.0 Å². The van der Waals surface area contributed by atoms with Crippen LogP contribution in [-0.2, 0) is 14.8 Å². The van der Waals surface area contributed by atoms with Gasteiger partial charge in [-0.3, -0.25) is 4.72 Å². The standard InChI is InChI=1S/C10H12Cl2N2O4S/c1-18-10(15)7-5-9(13-6-8(7)12)14-19(16,17)4-2-3-11/h5-6H,2-4H2,1H3,(H,13,14). The number of rotatable bonds is 6. The molecule has 0 aliphatic heterocycles. The van der Waals surface area contributed by atoms with Gasteiger partial charge in [-0.25, -0.2) is 18.2 Å². The molecule has 106 valence electrons. The van der Waals surface area contributed by atoms with Gasteiger partial charge < -0.3 is 4.74 Å². The average Bonchev–Trinajstić information content (AvgIpc) is 2.37. The van der Waals surface area contributed by atoms with Crippen LogP contribution in [0, 0.1) is 0 Å². The summed E-state index contributed by atoms with van der Waals surface area (Å²) in [6.07, 6.45) is 1.49. The molecular formula is C10H12Cl2N2O4S. The number of hydrogen-bond acceptors (Lipinski definition) is 5. The fourth-order valence-electron chi connectivity index (χ4n) is 1.22. The first kappa shape index (κ1) is 16.0. The molecule has 0 aliphatic rings. The minimum Gasteiger partial charge on any atom is -0.465 e. The highest BCUT2D eigenvalue weighted by molar-refractivity contribution is 7.92. The second kappa shape index (κ2) is 6.93. The van der Waals surface area contributed by atoms with Crippen LogP contribution in [0.25, 0.3) is 0 Å². The van der Waals surface area contributed by atoms with Crippen molar-refractivity contribution < 1.29 is 17.9 Å². The number of aromatic nitrogens is 1. The number of methoxy groups -OCH3 is 1. The van der Waals surface area contributed by atoms with E-state index in [1.54, 1.807) is 0 Å². The van der Waals surface area contributed by atoms with E-state index in [1.807, 2.05) is 0 Å². The Morgan fingerprint density at radius 2 is 2.21 bits per heavy atom. The predicted molar refractivity (Wildman–Crippen MR) is 73.3 cm³/mol. The number of hydrogen-bond donors (Lipinski definition) is 1. The van der Waals surface area contributed by atoms with Crippen LogP contribution in [0.5, 0.6) is 0 Å². The Hall–Kier alpha value is -1.05. The highest BCUT2D eigenvalue weighted by Crippen LogP contribution is 2.19. The molecule has 0 unspecified atom stereocenters. The average molecular weight is 327 g/mol. The molecule has 19 heavy (non-hydrogen) atoms. The smallest absolute Gasteiger partial charge is 0.339 e. The summed E-state index contributed by atoms with van der Waals surface area (Å²) in [6.45, 7) is 0. The molecule has 6 nitrogen and oxygen atoms in total. The first-order valence-corrected chi connectivity index (χ1v) is 7.76. The Morgan fingerprint density at radius 3 is 2.79 bits per heavy atom. The quantitative estimate of drug-likeness (QED) is 0.637. The maximum atomic E-state index is 11.6. The molecule has 0 atom stereocenters. The van der Waals surface area contributed by atoms with Gasteiger partial charge in [-0.2, -0.15) is 0 Å². The summed E-state index contributed by atoms with van der Waals surface area (Å²) < 4.78 is 30.0. The Bertz CT molecular complexity index is 563. The summed E-state index contributed by atoms with van der Waals surface area (Å²) in [5.74, 6) is -0.565. The number of sulfonamides is 1. The molecule has 0 aromatic carbocycles. The fraction of sp³-hybridized carbons (Fsp3) is 0.400.